The summed E-state index contributed by atoms with van der Waals surface area (Å²) in [7, 11) is 0. The molecule has 0 saturated carbocycles. The van der Waals surface area contributed by atoms with Gasteiger partial charge in [-0.25, -0.2) is 0 Å². The maximum absolute atomic E-state index is 8.36. The summed E-state index contributed by atoms with van der Waals surface area (Å²) in [6.45, 7) is 3.14. The minimum atomic E-state index is -1.50. The summed E-state index contributed by atoms with van der Waals surface area (Å²) in [5.41, 5.74) is 5.42. The standard InChI is InChI=1S/C12H27N.HNO3/c1-2-3-4-5-6-7-8-9-10-11-12-13;2-1(3)4/h2-13H2,1H3;(H,2,3,4). The average molecular weight is 248 g/mol. The lowest BCUT2D eigenvalue weighted by Gasteiger charge is -2.00. The lowest BCUT2D eigenvalue weighted by atomic mass is 10.1. The second-order valence-corrected chi connectivity index (χ2v) is 4.21. The van der Waals surface area contributed by atoms with Crippen molar-refractivity contribution >= 4 is 0 Å². The highest BCUT2D eigenvalue weighted by molar-refractivity contribution is 4.47. The number of unbranched alkanes of at least 4 members (excludes halogenated alkanes) is 9. The molecular formula is C12H28N2O3. The minimum Gasteiger partial charge on any atom is -0.330 e. The van der Waals surface area contributed by atoms with E-state index in [9.17, 15) is 0 Å². The molecule has 0 fully saturated rings. The monoisotopic (exact) mass is 248 g/mol. The van der Waals surface area contributed by atoms with Crippen LogP contribution in [0.2, 0.25) is 0 Å². The van der Waals surface area contributed by atoms with Crippen LogP contribution in [0, 0.1) is 10.1 Å². The molecule has 0 heterocycles. The second-order valence-electron chi connectivity index (χ2n) is 4.21. The molecule has 5 nitrogen and oxygen atoms in total. The fraction of sp³-hybridized carbons (Fsp3) is 1.00. The molecule has 0 spiro atoms. The van der Waals surface area contributed by atoms with Crippen molar-refractivity contribution in [3.8, 4) is 0 Å². The van der Waals surface area contributed by atoms with Gasteiger partial charge in [-0.2, -0.15) is 0 Å². The molecule has 0 aliphatic rings. The van der Waals surface area contributed by atoms with Gasteiger partial charge in [-0.15, -0.1) is 10.1 Å². The van der Waals surface area contributed by atoms with Crippen LogP contribution in [0.25, 0.3) is 0 Å². The quantitative estimate of drug-likeness (QED) is 0.351. The molecule has 0 aromatic rings. The summed E-state index contributed by atoms with van der Waals surface area (Å²) in [4.78, 5) is 8.36. The predicted molar refractivity (Wildman–Crippen MR) is 69.7 cm³/mol. The van der Waals surface area contributed by atoms with Crippen LogP contribution in [-0.4, -0.2) is 16.8 Å². The first-order valence-corrected chi connectivity index (χ1v) is 6.68. The fourth-order valence-electron chi connectivity index (χ4n) is 1.63. The predicted octanol–water partition coefficient (Wildman–Crippen LogP) is 3.52. The van der Waals surface area contributed by atoms with Crippen LogP contribution in [0.1, 0.15) is 71.1 Å². The van der Waals surface area contributed by atoms with Crippen molar-refractivity contribution in [2.75, 3.05) is 6.54 Å². The van der Waals surface area contributed by atoms with Crippen LogP contribution in [0.5, 0.6) is 0 Å². The van der Waals surface area contributed by atoms with E-state index in [4.69, 9.17) is 21.1 Å². The zero-order chi connectivity index (χ0) is 13.4. The Hall–Kier alpha value is -0.840. The summed E-state index contributed by atoms with van der Waals surface area (Å²) in [6, 6.07) is 0. The number of nitrogens with zero attached hydrogens (tertiary/aromatic N) is 1. The summed E-state index contributed by atoms with van der Waals surface area (Å²) in [6.07, 6.45) is 13.9. The van der Waals surface area contributed by atoms with Crippen molar-refractivity contribution in [2.45, 2.75) is 71.1 Å². The van der Waals surface area contributed by atoms with Gasteiger partial charge >= 0.3 is 0 Å². The molecule has 0 unspecified atom stereocenters. The topological polar surface area (TPSA) is 89.4 Å². The van der Waals surface area contributed by atoms with Gasteiger partial charge in [-0.05, 0) is 13.0 Å². The summed E-state index contributed by atoms with van der Waals surface area (Å²) in [5, 5.41) is 13.6. The second kappa shape index (κ2) is 17.6. The lowest BCUT2D eigenvalue weighted by Crippen LogP contribution is -1.97. The van der Waals surface area contributed by atoms with Gasteiger partial charge < -0.3 is 10.9 Å². The number of nitrogens with two attached hydrogens (primary N) is 1. The van der Waals surface area contributed by atoms with Gasteiger partial charge in [0, 0.05) is 0 Å². The molecule has 0 aliphatic carbocycles. The number of hydrogen-bond acceptors (Lipinski definition) is 3. The molecule has 0 radical (unpaired) electrons. The molecule has 0 amide bonds. The highest BCUT2D eigenvalue weighted by Crippen LogP contribution is 2.09. The zero-order valence-corrected chi connectivity index (χ0v) is 11.1. The smallest absolute Gasteiger partial charge is 0.291 e. The molecule has 0 aliphatic heterocycles. The van der Waals surface area contributed by atoms with E-state index in [0.717, 1.165) is 6.54 Å². The highest BCUT2D eigenvalue weighted by Gasteiger charge is 1.91. The van der Waals surface area contributed by atoms with E-state index in [2.05, 4.69) is 6.92 Å². The van der Waals surface area contributed by atoms with E-state index >= 15 is 0 Å². The van der Waals surface area contributed by atoms with Gasteiger partial charge in [0.2, 0.25) is 0 Å². The minimum absolute atomic E-state index is 0.872. The van der Waals surface area contributed by atoms with Gasteiger partial charge in [0.15, 0.2) is 0 Å². The average Bonchev–Trinajstić information content (AvgIpc) is 2.26. The molecule has 0 aromatic heterocycles. The summed E-state index contributed by atoms with van der Waals surface area (Å²) >= 11 is 0. The normalized spacial score (nSPS) is 9.53. The van der Waals surface area contributed by atoms with Crippen LogP contribution >= 0.6 is 0 Å². The van der Waals surface area contributed by atoms with Crippen LogP contribution in [0.3, 0.4) is 0 Å². The van der Waals surface area contributed by atoms with E-state index in [1.807, 2.05) is 0 Å². The van der Waals surface area contributed by atoms with Gasteiger partial charge in [0.1, 0.15) is 0 Å². The Bertz CT molecular complexity index is 141. The number of hydrogen-bond donors (Lipinski definition) is 2. The van der Waals surface area contributed by atoms with Crippen molar-refractivity contribution in [3.05, 3.63) is 10.1 Å². The summed E-state index contributed by atoms with van der Waals surface area (Å²) < 4.78 is 0. The third kappa shape index (κ3) is 31.3. The Morgan fingerprint density at radius 3 is 1.53 bits per heavy atom. The molecule has 104 valence electrons. The van der Waals surface area contributed by atoms with Crippen molar-refractivity contribution in [3.63, 3.8) is 0 Å². The molecule has 0 saturated heterocycles. The third-order valence-corrected chi connectivity index (χ3v) is 2.56. The van der Waals surface area contributed by atoms with E-state index in [0.29, 0.717) is 0 Å². The lowest BCUT2D eigenvalue weighted by molar-refractivity contribution is -0.742. The maximum atomic E-state index is 8.36. The Kier molecular flexibility index (Phi) is 19.1. The van der Waals surface area contributed by atoms with Gasteiger partial charge in [0.25, 0.3) is 5.09 Å². The van der Waals surface area contributed by atoms with E-state index in [1.54, 1.807) is 0 Å². The third-order valence-electron chi connectivity index (χ3n) is 2.56. The van der Waals surface area contributed by atoms with E-state index < -0.39 is 5.09 Å². The van der Waals surface area contributed by atoms with E-state index in [-0.39, 0.29) is 0 Å². The highest BCUT2D eigenvalue weighted by atomic mass is 16.9. The fourth-order valence-corrected chi connectivity index (χ4v) is 1.63. The molecule has 5 heteroatoms. The summed E-state index contributed by atoms with van der Waals surface area (Å²) in [5.74, 6) is 0. The first kappa shape index (κ1) is 18.5. The zero-order valence-electron chi connectivity index (χ0n) is 11.1. The molecule has 0 bridgehead atoms. The van der Waals surface area contributed by atoms with Crippen molar-refractivity contribution in [1.29, 1.82) is 0 Å². The Morgan fingerprint density at radius 1 is 0.941 bits per heavy atom. The molecule has 0 rings (SSSR count). The molecule has 0 aromatic carbocycles. The molecule has 0 atom stereocenters. The van der Waals surface area contributed by atoms with Crippen molar-refractivity contribution in [1.82, 2.24) is 0 Å². The van der Waals surface area contributed by atoms with Crippen LogP contribution in [-0.2, 0) is 0 Å². The molecular weight excluding hydrogens is 220 g/mol. The Labute approximate surface area is 105 Å². The van der Waals surface area contributed by atoms with Gasteiger partial charge in [-0.3, -0.25) is 0 Å². The molecule has 17 heavy (non-hydrogen) atoms. The van der Waals surface area contributed by atoms with E-state index in [1.165, 1.54) is 64.2 Å². The van der Waals surface area contributed by atoms with Crippen LogP contribution < -0.4 is 5.73 Å². The Morgan fingerprint density at radius 2 is 1.24 bits per heavy atom. The first-order chi connectivity index (χ1) is 8.15. The largest absolute Gasteiger partial charge is 0.330 e. The first-order valence-electron chi connectivity index (χ1n) is 6.68. The van der Waals surface area contributed by atoms with Crippen molar-refractivity contribution in [2.24, 2.45) is 5.73 Å². The van der Waals surface area contributed by atoms with Crippen LogP contribution in [0.4, 0.5) is 0 Å². The van der Waals surface area contributed by atoms with Gasteiger partial charge in [0.05, 0.1) is 0 Å². The van der Waals surface area contributed by atoms with Gasteiger partial charge in [-0.1, -0.05) is 64.7 Å². The Balaban J connectivity index is 0. The van der Waals surface area contributed by atoms with Crippen molar-refractivity contribution < 1.29 is 10.3 Å². The van der Waals surface area contributed by atoms with Crippen LogP contribution in [0.15, 0.2) is 0 Å². The maximum Gasteiger partial charge on any atom is 0.291 e. The number of rotatable bonds is 10. The molecule has 3 N–H and O–H groups in total. The SMILES string of the molecule is CCCCCCCCCCCCN.O=[N+]([O-])O.